The van der Waals surface area contributed by atoms with Gasteiger partial charge in [-0.15, -0.1) is 11.3 Å². The molecule has 0 radical (unpaired) electrons. The molecule has 0 aliphatic heterocycles. The largest absolute Gasteiger partial charge is 0.385 e. The van der Waals surface area contributed by atoms with Crippen LogP contribution in [0.25, 0.3) is 0 Å². The van der Waals surface area contributed by atoms with Gasteiger partial charge in [-0.1, -0.05) is 11.6 Å². The third kappa shape index (κ3) is 2.18. The lowest BCUT2D eigenvalue weighted by molar-refractivity contribution is 0.0825. The first-order valence-corrected chi connectivity index (χ1v) is 5.07. The van der Waals surface area contributed by atoms with Crippen molar-refractivity contribution in [3.05, 3.63) is 19.8 Å². The Morgan fingerprint density at radius 1 is 1.64 bits per heavy atom. The maximum absolute atomic E-state index is 9.56. The van der Waals surface area contributed by atoms with Crippen molar-refractivity contribution in [2.45, 2.75) is 19.4 Å². The molecule has 0 atom stereocenters. The quantitative estimate of drug-likeness (QED) is 0.815. The minimum Gasteiger partial charge on any atom is -0.385 e. The number of hydrogen-bond donors (Lipinski definition) is 1. The summed E-state index contributed by atoms with van der Waals surface area (Å²) in [5.74, 6) is 0. The average molecular weight is 256 g/mol. The molecule has 4 heteroatoms. The molecule has 0 aromatic carbocycles. The summed E-state index contributed by atoms with van der Waals surface area (Å²) in [6, 6.07) is 1.84. The lowest BCUT2D eigenvalue weighted by Crippen LogP contribution is -2.12. The summed E-state index contributed by atoms with van der Waals surface area (Å²) in [6.45, 7) is 3.48. The van der Waals surface area contributed by atoms with E-state index < -0.39 is 5.60 Å². The molecular formula is C7H8BrClOS. The van der Waals surface area contributed by atoms with Gasteiger partial charge in [-0.25, -0.2) is 0 Å². The highest BCUT2D eigenvalue weighted by Crippen LogP contribution is 2.37. The molecule has 62 valence electrons. The van der Waals surface area contributed by atoms with Crippen LogP contribution in [-0.2, 0) is 5.60 Å². The molecule has 0 fully saturated rings. The highest BCUT2D eigenvalue weighted by Gasteiger charge is 2.19. The first-order valence-electron chi connectivity index (χ1n) is 3.09. The molecule has 1 nitrogen and oxygen atoms in total. The van der Waals surface area contributed by atoms with Crippen LogP contribution in [0.5, 0.6) is 0 Å². The van der Waals surface area contributed by atoms with E-state index in [1.807, 2.05) is 6.07 Å². The fraction of sp³-hybridized carbons (Fsp3) is 0.429. The maximum Gasteiger partial charge on any atom is 0.107 e. The molecule has 0 unspecified atom stereocenters. The van der Waals surface area contributed by atoms with Gasteiger partial charge in [0.2, 0.25) is 0 Å². The summed E-state index contributed by atoms with van der Waals surface area (Å²) in [5, 5.41) is 9.56. The Balaban J connectivity index is 3.08. The molecule has 0 bridgehead atoms. The predicted octanol–water partition coefficient (Wildman–Crippen LogP) is 3.39. The average Bonchev–Trinajstić information content (AvgIpc) is 2.11. The Kier molecular flexibility index (Phi) is 2.64. The molecule has 0 saturated carbocycles. The predicted molar refractivity (Wildman–Crippen MR) is 52.3 cm³/mol. The summed E-state index contributed by atoms with van der Waals surface area (Å²) in [4.78, 5) is 0.870. The molecular weight excluding hydrogens is 248 g/mol. The molecule has 11 heavy (non-hydrogen) atoms. The Labute approximate surface area is 83.1 Å². The van der Waals surface area contributed by atoms with Crippen molar-refractivity contribution < 1.29 is 5.11 Å². The second-order valence-electron chi connectivity index (χ2n) is 2.79. The summed E-state index contributed by atoms with van der Waals surface area (Å²) < 4.78 is 1.53. The van der Waals surface area contributed by atoms with Gasteiger partial charge in [0, 0.05) is 9.35 Å². The van der Waals surface area contributed by atoms with Crippen molar-refractivity contribution in [2.24, 2.45) is 0 Å². The van der Waals surface area contributed by atoms with Crippen molar-refractivity contribution in [1.29, 1.82) is 0 Å². The van der Waals surface area contributed by atoms with Gasteiger partial charge in [-0.05, 0) is 35.8 Å². The standard InChI is InChI=1S/C7H8BrClOS/c1-7(2,10)5-3-4(8)6(9)11-5/h3,10H,1-2H3. The van der Waals surface area contributed by atoms with E-state index in [2.05, 4.69) is 15.9 Å². The van der Waals surface area contributed by atoms with Gasteiger partial charge < -0.3 is 5.11 Å². The van der Waals surface area contributed by atoms with E-state index in [1.54, 1.807) is 13.8 Å². The van der Waals surface area contributed by atoms with Gasteiger partial charge in [0.05, 0.1) is 5.60 Å². The highest BCUT2D eigenvalue weighted by molar-refractivity contribution is 9.10. The molecule has 1 rings (SSSR count). The zero-order valence-electron chi connectivity index (χ0n) is 6.19. The second-order valence-corrected chi connectivity index (χ2v) is 5.30. The zero-order valence-corrected chi connectivity index (χ0v) is 9.35. The molecule has 1 aromatic rings. The monoisotopic (exact) mass is 254 g/mol. The Morgan fingerprint density at radius 3 is 2.36 bits per heavy atom. The van der Waals surface area contributed by atoms with Crippen LogP contribution in [0.15, 0.2) is 10.5 Å². The molecule has 0 aliphatic rings. The van der Waals surface area contributed by atoms with Crippen LogP contribution < -0.4 is 0 Å². The van der Waals surface area contributed by atoms with E-state index in [0.717, 1.165) is 9.35 Å². The molecule has 1 aromatic heterocycles. The normalized spacial score (nSPS) is 12.1. The van der Waals surface area contributed by atoms with Gasteiger partial charge >= 0.3 is 0 Å². The van der Waals surface area contributed by atoms with Crippen LogP contribution in [0.1, 0.15) is 18.7 Å². The van der Waals surface area contributed by atoms with Crippen molar-refractivity contribution in [2.75, 3.05) is 0 Å². The van der Waals surface area contributed by atoms with Gasteiger partial charge in [0.1, 0.15) is 4.34 Å². The van der Waals surface area contributed by atoms with Crippen molar-refractivity contribution in [1.82, 2.24) is 0 Å². The maximum atomic E-state index is 9.56. The number of thiophene rings is 1. The number of aliphatic hydroxyl groups is 1. The van der Waals surface area contributed by atoms with E-state index in [-0.39, 0.29) is 0 Å². The lowest BCUT2D eigenvalue weighted by atomic mass is 10.1. The van der Waals surface area contributed by atoms with Crippen molar-refractivity contribution >= 4 is 38.9 Å². The third-order valence-electron chi connectivity index (χ3n) is 1.25. The fourth-order valence-corrected chi connectivity index (χ4v) is 2.35. The van der Waals surface area contributed by atoms with Crippen LogP contribution in [0.4, 0.5) is 0 Å². The van der Waals surface area contributed by atoms with Crippen LogP contribution in [0.2, 0.25) is 4.34 Å². The van der Waals surface area contributed by atoms with Gasteiger partial charge in [0.15, 0.2) is 0 Å². The number of rotatable bonds is 1. The zero-order chi connectivity index (χ0) is 8.65. The van der Waals surface area contributed by atoms with Crippen LogP contribution in [-0.4, -0.2) is 5.11 Å². The fourth-order valence-electron chi connectivity index (χ4n) is 0.648. The van der Waals surface area contributed by atoms with E-state index >= 15 is 0 Å². The minimum absolute atomic E-state index is 0.683. The van der Waals surface area contributed by atoms with Crippen molar-refractivity contribution in [3.63, 3.8) is 0 Å². The Morgan fingerprint density at radius 2 is 2.18 bits per heavy atom. The summed E-state index contributed by atoms with van der Waals surface area (Å²) >= 11 is 10.5. The first kappa shape index (κ1) is 9.52. The SMILES string of the molecule is CC(C)(O)c1cc(Br)c(Cl)s1. The van der Waals surface area contributed by atoms with Crippen LogP contribution in [0.3, 0.4) is 0 Å². The highest BCUT2D eigenvalue weighted by atomic mass is 79.9. The smallest absolute Gasteiger partial charge is 0.107 e. The molecule has 0 aliphatic carbocycles. The number of hydrogen-bond acceptors (Lipinski definition) is 2. The van der Waals surface area contributed by atoms with E-state index in [1.165, 1.54) is 11.3 Å². The summed E-state index contributed by atoms with van der Waals surface area (Å²) in [7, 11) is 0. The van der Waals surface area contributed by atoms with Crippen molar-refractivity contribution in [3.8, 4) is 0 Å². The van der Waals surface area contributed by atoms with E-state index in [9.17, 15) is 5.11 Å². The van der Waals surface area contributed by atoms with Gasteiger partial charge in [-0.2, -0.15) is 0 Å². The topological polar surface area (TPSA) is 20.2 Å². The van der Waals surface area contributed by atoms with Crippen LogP contribution >= 0.6 is 38.9 Å². The Bertz CT molecular complexity index is 244. The second kappa shape index (κ2) is 3.05. The molecule has 0 saturated heterocycles. The third-order valence-corrected chi connectivity index (χ3v) is 4.04. The summed E-state index contributed by atoms with van der Waals surface area (Å²) in [6.07, 6.45) is 0. The Hall–Kier alpha value is 0.430. The molecule has 1 N–H and O–H groups in total. The lowest BCUT2D eigenvalue weighted by Gasteiger charge is -2.13. The van der Waals surface area contributed by atoms with E-state index in [0.29, 0.717) is 4.34 Å². The molecule has 0 spiro atoms. The minimum atomic E-state index is -0.791. The molecule has 1 heterocycles. The first-order chi connectivity index (χ1) is 4.91. The number of halogens is 2. The summed E-state index contributed by atoms with van der Waals surface area (Å²) in [5.41, 5.74) is -0.791. The van der Waals surface area contributed by atoms with Gasteiger partial charge in [-0.3, -0.25) is 0 Å². The van der Waals surface area contributed by atoms with E-state index in [4.69, 9.17) is 11.6 Å². The van der Waals surface area contributed by atoms with Crippen LogP contribution in [0, 0.1) is 0 Å². The van der Waals surface area contributed by atoms with Gasteiger partial charge in [0.25, 0.3) is 0 Å². The molecule has 0 amide bonds.